The third-order valence-corrected chi connectivity index (χ3v) is 9.66. The maximum atomic E-state index is 13.2. The zero-order chi connectivity index (χ0) is 25.2. The molecule has 6 nitrogen and oxygen atoms in total. The number of alkyl halides is 1. The average molecular weight is 542 g/mol. The second-order valence-corrected chi connectivity index (χ2v) is 12.3. The number of ether oxygens (including phenoxy) is 1. The van der Waals surface area contributed by atoms with Crippen LogP contribution in [0.25, 0.3) is 0 Å². The van der Waals surface area contributed by atoms with E-state index in [1.165, 1.54) is 17.5 Å². The lowest BCUT2D eigenvalue weighted by molar-refractivity contribution is 0.0439. The Morgan fingerprint density at radius 2 is 2.17 bits per heavy atom. The molecule has 35 heavy (non-hydrogen) atoms. The molecule has 5 atom stereocenters. The first-order valence-corrected chi connectivity index (χ1v) is 15.0. The maximum absolute atomic E-state index is 13.2. The predicted octanol–water partition coefficient (Wildman–Crippen LogP) is 5.28. The van der Waals surface area contributed by atoms with Crippen LogP contribution in [0.4, 0.5) is 0 Å². The van der Waals surface area contributed by atoms with Crippen molar-refractivity contribution >= 4 is 39.7 Å². The number of unbranched alkanes of at least 4 members (excludes halogenated alkanes) is 1. The molecule has 1 aliphatic rings. The van der Waals surface area contributed by atoms with E-state index in [0.29, 0.717) is 23.0 Å². The highest BCUT2D eigenvalue weighted by atomic mass is 35.5. The van der Waals surface area contributed by atoms with Crippen molar-refractivity contribution in [2.24, 2.45) is 11.8 Å². The number of aromatic nitrogens is 1. The summed E-state index contributed by atoms with van der Waals surface area (Å²) in [6.07, 6.45) is 8.36. The van der Waals surface area contributed by atoms with E-state index in [1.807, 2.05) is 24.3 Å². The molecule has 1 aliphatic carbocycles. The van der Waals surface area contributed by atoms with Crippen LogP contribution >= 0.6 is 22.9 Å². The smallest absolute Gasteiger partial charge is 0.350 e. The molecule has 0 aliphatic heterocycles. The zero-order valence-corrected chi connectivity index (χ0v) is 22.6. The van der Waals surface area contributed by atoms with E-state index >= 15 is 0 Å². The number of thiazole rings is 1. The van der Waals surface area contributed by atoms with E-state index in [9.17, 15) is 14.1 Å². The van der Waals surface area contributed by atoms with E-state index in [1.54, 1.807) is 0 Å². The maximum Gasteiger partial charge on any atom is 0.350 e. The van der Waals surface area contributed by atoms with Crippen molar-refractivity contribution in [2.45, 2.75) is 74.7 Å². The SMILES string of the molecule is CCCCC(O)c1cccc(S(=O)CC2C(Cl)CC[C@@H]2CCCc2ncc(C(=O)OCCO)s2)c1. The van der Waals surface area contributed by atoms with Crippen LogP contribution in [0.2, 0.25) is 0 Å². The highest BCUT2D eigenvalue weighted by Gasteiger charge is 2.35. The van der Waals surface area contributed by atoms with Gasteiger partial charge in [0.15, 0.2) is 0 Å². The number of nitrogens with zero attached hydrogens (tertiary/aromatic N) is 1. The van der Waals surface area contributed by atoms with Crippen LogP contribution in [0.5, 0.6) is 0 Å². The minimum absolute atomic E-state index is 0.0141. The average Bonchev–Trinajstić information content (AvgIpc) is 3.48. The van der Waals surface area contributed by atoms with Gasteiger partial charge in [-0.3, -0.25) is 4.21 Å². The standard InChI is InChI=1S/C26H36ClNO5S2/c1-2-3-9-23(30)19-7-4-8-20(15-19)35(32)17-21-18(11-12-22(21)27)6-5-10-25-28-16-24(34-25)26(31)33-14-13-29/h4,7-8,15-16,18,21-23,29-30H,2-3,5-6,9-14,17H2,1H3/t18-,21?,22?,23?,35?/m0/s1. The topological polar surface area (TPSA) is 96.7 Å². The Hall–Kier alpha value is -1.32. The molecule has 1 saturated carbocycles. The quantitative estimate of drug-likeness (QED) is 0.249. The van der Waals surface area contributed by atoms with Crippen LogP contribution in [0, 0.1) is 11.8 Å². The zero-order valence-electron chi connectivity index (χ0n) is 20.2. The van der Waals surface area contributed by atoms with Crippen molar-refractivity contribution in [1.29, 1.82) is 0 Å². The summed E-state index contributed by atoms with van der Waals surface area (Å²) in [4.78, 5) is 17.4. The van der Waals surface area contributed by atoms with E-state index in [-0.39, 0.29) is 24.5 Å². The molecular formula is C26H36ClNO5S2. The number of benzene rings is 1. The summed E-state index contributed by atoms with van der Waals surface area (Å²) >= 11 is 7.99. The highest BCUT2D eigenvalue weighted by Crippen LogP contribution is 2.40. The first-order chi connectivity index (χ1) is 16.9. The third kappa shape index (κ3) is 8.35. The fourth-order valence-corrected chi connectivity index (χ4v) is 7.56. The monoisotopic (exact) mass is 541 g/mol. The molecule has 194 valence electrons. The van der Waals surface area contributed by atoms with Crippen LogP contribution in [0.1, 0.15) is 78.2 Å². The predicted molar refractivity (Wildman–Crippen MR) is 140 cm³/mol. The van der Waals surface area contributed by atoms with Crippen molar-refractivity contribution in [1.82, 2.24) is 4.98 Å². The van der Waals surface area contributed by atoms with Crippen LogP contribution in [0.3, 0.4) is 0 Å². The molecule has 0 saturated heterocycles. The minimum atomic E-state index is -1.17. The lowest BCUT2D eigenvalue weighted by atomic mass is 9.92. The molecule has 4 unspecified atom stereocenters. The van der Waals surface area contributed by atoms with Crippen molar-refractivity contribution in [2.75, 3.05) is 19.0 Å². The molecule has 1 aromatic carbocycles. The molecule has 2 N–H and O–H groups in total. The number of hydrogen-bond donors (Lipinski definition) is 2. The van der Waals surface area contributed by atoms with E-state index in [0.717, 1.165) is 60.4 Å². The number of carbonyl (C=O) groups excluding carboxylic acids is 1. The third-order valence-electron chi connectivity index (χ3n) is 6.61. The molecule has 2 aromatic rings. The van der Waals surface area contributed by atoms with Crippen LogP contribution < -0.4 is 0 Å². The minimum Gasteiger partial charge on any atom is -0.459 e. The van der Waals surface area contributed by atoms with Gasteiger partial charge < -0.3 is 14.9 Å². The Kier molecular flexibility index (Phi) is 11.6. The number of rotatable bonds is 14. The normalized spacial score (nSPS) is 21.7. The lowest BCUT2D eigenvalue weighted by Gasteiger charge is -2.21. The number of halogens is 1. The van der Waals surface area contributed by atoms with E-state index in [2.05, 4.69) is 11.9 Å². The Balaban J connectivity index is 1.52. The molecular weight excluding hydrogens is 506 g/mol. The van der Waals surface area contributed by atoms with Crippen LogP contribution in [-0.2, 0) is 22.0 Å². The molecule has 1 fully saturated rings. The Labute approximate surface area is 219 Å². The highest BCUT2D eigenvalue weighted by molar-refractivity contribution is 7.85. The molecule has 1 heterocycles. The van der Waals surface area contributed by atoms with Crippen molar-refractivity contribution < 1.29 is 24.0 Å². The molecule has 0 amide bonds. The fourth-order valence-electron chi connectivity index (χ4n) is 4.64. The Bertz CT molecular complexity index is 969. The molecule has 0 bridgehead atoms. The summed E-state index contributed by atoms with van der Waals surface area (Å²) in [5.41, 5.74) is 0.831. The van der Waals surface area contributed by atoms with Crippen molar-refractivity contribution in [3.8, 4) is 0 Å². The molecule has 0 spiro atoms. The van der Waals surface area contributed by atoms with Gasteiger partial charge in [-0.1, -0.05) is 31.9 Å². The number of hydrogen-bond acceptors (Lipinski definition) is 7. The number of aliphatic hydroxyl groups is 2. The first-order valence-electron chi connectivity index (χ1n) is 12.5. The number of aliphatic hydroxyl groups excluding tert-OH is 2. The summed E-state index contributed by atoms with van der Waals surface area (Å²) in [6, 6.07) is 7.55. The van der Waals surface area contributed by atoms with Crippen molar-refractivity contribution in [3.63, 3.8) is 0 Å². The number of carbonyl (C=O) groups is 1. The molecule has 1 aromatic heterocycles. The van der Waals surface area contributed by atoms with Crippen molar-refractivity contribution in [3.05, 3.63) is 45.9 Å². The van der Waals surface area contributed by atoms with E-state index < -0.39 is 22.9 Å². The molecule has 0 radical (unpaired) electrons. The van der Waals surface area contributed by atoms with E-state index in [4.69, 9.17) is 21.4 Å². The second kappa shape index (κ2) is 14.4. The van der Waals surface area contributed by atoms with Gasteiger partial charge in [0.1, 0.15) is 11.5 Å². The Morgan fingerprint density at radius 1 is 1.34 bits per heavy atom. The summed E-state index contributed by atoms with van der Waals surface area (Å²) in [6.45, 7) is 1.89. The van der Waals surface area contributed by atoms with Gasteiger partial charge in [-0.2, -0.15) is 0 Å². The fraction of sp³-hybridized carbons (Fsp3) is 0.615. The van der Waals surface area contributed by atoms with Gasteiger partial charge in [0.2, 0.25) is 0 Å². The van der Waals surface area contributed by atoms with Crippen LogP contribution in [-0.4, -0.2) is 49.7 Å². The summed E-state index contributed by atoms with van der Waals surface area (Å²) in [5.74, 6) is 0.680. The second-order valence-electron chi connectivity index (χ2n) is 9.13. The summed E-state index contributed by atoms with van der Waals surface area (Å²) < 4.78 is 18.2. The van der Waals surface area contributed by atoms with Gasteiger partial charge in [0.05, 0.1) is 34.7 Å². The first kappa shape index (κ1) is 28.3. The molecule has 9 heteroatoms. The number of esters is 1. The Morgan fingerprint density at radius 3 is 2.94 bits per heavy atom. The van der Waals surface area contributed by atoms with Gasteiger partial charge in [-0.05, 0) is 68.1 Å². The van der Waals surface area contributed by atoms with Crippen LogP contribution in [0.15, 0.2) is 35.4 Å². The number of aryl methyl sites for hydroxylation is 1. The summed E-state index contributed by atoms with van der Waals surface area (Å²) in [7, 11) is -1.17. The summed E-state index contributed by atoms with van der Waals surface area (Å²) in [5, 5.41) is 20.1. The largest absolute Gasteiger partial charge is 0.459 e. The van der Waals surface area contributed by atoms with Gasteiger partial charge in [0.25, 0.3) is 0 Å². The van der Waals surface area contributed by atoms with Gasteiger partial charge >= 0.3 is 5.97 Å². The lowest BCUT2D eigenvalue weighted by Crippen LogP contribution is -2.22. The molecule has 3 rings (SSSR count). The van der Waals surface area contributed by atoms with Gasteiger partial charge in [-0.15, -0.1) is 22.9 Å². The van der Waals surface area contributed by atoms with Gasteiger partial charge in [-0.25, -0.2) is 9.78 Å². The van der Waals surface area contributed by atoms with Gasteiger partial charge in [0, 0.05) is 16.0 Å².